The van der Waals surface area contributed by atoms with Gasteiger partial charge < -0.3 is 5.73 Å². The van der Waals surface area contributed by atoms with Gasteiger partial charge in [-0.25, -0.2) is 0 Å². The van der Waals surface area contributed by atoms with Gasteiger partial charge in [0.1, 0.15) is 6.10 Å². The number of nitrogens with two attached hydrogens (primary N) is 1. The van der Waals surface area contributed by atoms with Gasteiger partial charge >= 0.3 is 0 Å². The molecule has 1 aliphatic heterocycles. The monoisotopic (exact) mass is 163 g/mol. The van der Waals surface area contributed by atoms with Crippen LogP contribution in [0.5, 0.6) is 0 Å². The van der Waals surface area contributed by atoms with E-state index in [9.17, 15) is 8.42 Å². The van der Waals surface area contributed by atoms with E-state index in [-0.39, 0.29) is 0 Å². The van der Waals surface area contributed by atoms with Crippen LogP contribution in [0, 0.1) is 0 Å². The molecule has 0 saturated heterocycles. The molecule has 0 spiro atoms. The van der Waals surface area contributed by atoms with Crippen molar-refractivity contribution in [1.82, 2.24) is 0 Å². The average Bonchev–Trinajstić information content (AvgIpc) is 2.05. The van der Waals surface area contributed by atoms with Crippen molar-refractivity contribution in [3.63, 3.8) is 0 Å². The fourth-order valence-electron chi connectivity index (χ4n) is 0.792. The highest BCUT2D eigenvalue weighted by atomic mass is 32.2. The molecule has 1 heterocycles. The molecule has 0 aromatic carbocycles. The van der Waals surface area contributed by atoms with Crippen molar-refractivity contribution in [2.75, 3.05) is 0 Å². The van der Waals surface area contributed by atoms with Crippen molar-refractivity contribution in [3.8, 4) is 0 Å². The fourth-order valence-corrected chi connectivity index (χ4v) is 1.90. The summed E-state index contributed by atoms with van der Waals surface area (Å²) in [7, 11) is -3.44. The van der Waals surface area contributed by atoms with E-state index >= 15 is 0 Å². The van der Waals surface area contributed by atoms with Gasteiger partial charge in [0, 0.05) is 0 Å². The van der Waals surface area contributed by atoms with E-state index in [1.54, 1.807) is 0 Å². The zero-order valence-electron chi connectivity index (χ0n) is 5.57. The van der Waals surface area contributed by atoms with Gasteiger partial charge in [-0.2, -0.15) is 8.42 Å². The maximum Gasteiger partial charge on any atom is 0.292 e. The second-order valence-electron chi connectivity index (χ2n) is 2.10. The molecule has 1 rings (SSSR count). The minimum absolute atomic E-state index is 0.294. The molecule has 58 valence electrons. The molecule has 0 bridgehead atoms. The highest BCUT2D eigenvalue weighted by molar-refractivity contribution is 7.90. The first-order valence-electron chi connectivity index (χ1n) is 2.95. The van der Waals surface area contributed by atoms with Crippen LogP contribution in [-0.4, -0.2) is 14.5 Å². The fraction of sp³-hybridized carbons (Fsp3) is 0.600. The van der Waals surface area contributed by atoms with E-state index in [1.165, 1.54) is 0 Å². The summed E-state index contributed by atoms with van der Waals surface area (Å²) in [5, 5.41) is 0.959. The maximum absolute atomic E-state index is 10.6. The largest absolute Gasteiger partial charge is 0.399 e. The summed E-state index contributed by atoms with van der Waals surface area (Å²) in [5.41, 5.74) is 5.62. The maximum atomic E-state index is 10.6. The molecule has 0 amide bonds. The molecule has 0 aromatic rings. The topological polar surface area (TPSA) is 69.4 Å². The van der Waals surface area contributed by atoms with Gasteiger partial charge in [-0.15, -0.1) is 0 Å². The predicted molar refractivity (Wildman–Crippen MR) is 36.4 cm³/mol. The Bertz CT molecular complexity index is 254. The van der Waals surface area contributed by atoms with E-state index < -0.39 is 16.2 Å². The van der Waals surface area contributed by atoms with Gasteiger partial charge in [0.25, 0.3) is 10.1 Å². The molecular weight excluding hydrogens is 154 g/mol. The lowest BCUT2D eigenvalue weighted by Crippen LogP contribution is -2.15. The lowest BCUT2D eigenvalue weighted by molar-refractivity contribution is 0.254. The van der Waals surface area contributed by atoms with E-state index in [0.29, 0.717) is 12.1 Å². The molecule has 0 aromatic heterocycles. The first-order chi connectivity index (χ1) is 4.55. The Labute approximate surface area is 59.8 Å². The summed E-state index contributed by atoms with van der Waals surface area (Å²) in [5.74, 6) is 0. The van der Waals surface area contributed by atoms with Gasteiger partial charge in [-0.1, -0.05) is 6.92 Å². The van der Waals surface area contributed by atoms with Crippen molar-refractivity contribution in [1.29, 1.82) is 0 Å². The van der Waals surface area contributed by atoms with Crippen LogP contribution in [0.15, 0.2) is 11.1 Å². The summed E-state index contributed by atoms with van der Waals surface area (Å²) in [6, 6.07) is 0. The molecule has 5 heteroatoms. The van der Waals surface area contributed by atoms with E-state index in [1.807, 2.05) is 6.92 Å². The second kappa shape index (κ2) is 2.25. The normalized spacial score (nSPS) is 30.1. The van der Waals surface area contributed by atoms with Crippen LogP contribution >= 0.6 is 0 Å². The highest BCUT2D eigenvalue weighted by Crippen LogP contribution is 2.19. The van der Waals surface area contributed by atoms with Crippen LogP contribution in [0.25, 0.3) is 0 Å². The Morgan fingerprint density at radius 2 is 2.40 bits per heavy atom. The third-order valence-electron chi connectivity index (χ3n) is 1.27. The molecule has 0 radical (unpaired) electrons. The summed E-state index contributed by atoms with van der Waals surface area (Å²) in [6.45, 7) is 1.81. The Morgan fingerprint density at radius 3 is 2.60 bits per heavy atom. The summed E-state index contributed by atoms with van der Waals surface area (Å²) in [6.07, 6.45) is 0.145. The number of hydrogen-bond donors (Lipinski definition) is 1. The first kappa shape index (κ1) is 7.56. The number of hydrogen-bond acceptors (Lipinski definition) is 4. The summed E-state index contributed by atoms with van der Waals surface area (Å²) < 4.78 is 25.8. The van der Waals surface area contributed by atoms with Crippen molar-refractivity contribution in [3.05, 3.63) is 11.1 Å². The third-order valence-corrected chi connectivity index (χ3v) is 2.33. The number of rotatable bonds is 1. The van der Waals surface area contributed by atoms with Crippen molar-refractivity contribution < 1.29 is 12.6 Å². The van der Waals surface area contributed by atoms with Crippen LogP contribution < -0.4 is 5.73 Å². The molecule has 0 fully saturated rings. The van der Waals surface area contributed by atoms with Crippen LogP contribution in [0.4, 0.5) is 0 Å². The molecule has 2 N–H and O–H groups in total. The van der Waals surface area contributed by atoms with Gasteiger partial charge in [0.2, 0.25) is 0 Å². The van der Waals surface area contributed by atoms with Gasteiger partial charge in [0.05, 0.1) is 11.1 Å². The van der Waals surface area contributed by atoms with Gasteiger partial charge in [0.15, 0.2) is 0 Å². The van der Waals surface area contributed by atoms with Crippen LogP contribution in [0.2, 0.25) is 0 Å². The summed E-state index contributed by atoms with van der Waals surface area (Å²) >= 11 is 0. The second-order valence-corrected chi connectivity index (χ2v) is 3.52. The SMILES string of the molecule is CCC1OS(=O)(=O)C=C1N. The van der Waals surface area contributed by atoms with E-state index in [2.05, 4.69) is 4.18 Å². The standard InChI is InChI=1S/C5H9NO3S/c1-2-5-4(6)3-10(7,8)9-5/h3,5H,2,6H2,1H3. The Kier molecular flexibility index (Phi) is 1.70. The van der Waals surface area contributed by atoms with Crippen LogP contribution in [0.1, 0.15) is 13.3 Å². The van der Waals surface area contributed by atoms with Gasteiger partial charge in [-0.3, -0.25) is 4.18 Å². The highest BCUT2D eigenvalue weighted by Gasteiger charge is 2.26. The van der Waals surface area contributed by atoms with Gasteiger partial charge in [-0.05, 0) is 6.42 Å². The van der Waals surface area contributed by atoms with Crippen molar-refractivity contribution in [2.45, 2.75) is 19.4 Å². The van der Waals surface area contributed by atoms with Crippen molar-refractivity contribution in [2.24, 2.45) is 5.73 Å². The molecule has 0 aliphatic carbocycles. The van der Waals surface area contributed by atoms with E-state index in [0.717, 1.165) is 5.41 Å². The van der Waals surface area contributed by atoms with E-state index in [4.69, 9.17) is 5.73 Å². The average molecular weight is 163 g/mol. The minimum Gasteiger partial charge on any atom is -0.399 e. The Hall–Kier alpha value is -0.550. The van der Waals surface area contributed by atoms with Crippen LogP contribution in [-0.2, 0) is 14.3 Å². The Balaban J connectivity index is 2.89. The lowest BCUT2D eigenvalue weighted by Gasteiger charge is -2.04. The molecule has 4 nitrogen and oxygen atoms in total. The first-order valence-corrected chi connectivity index (χ1v) is 4.42. The molecule has 10 heavy (non-hydrogen) atoms. The van der Waals surface area contributed by atoms with Crippen LogP contribution in [0.3, 0.4) is 0 Å². The smallest absolute Gasteiger partial charge is 0.292 e. The molecule has 0 saturated carbocycles. The lowest BCUT2D eigenvalue weighted by atomic mass is 10.2. The summed E-state index contributed by atoms with van der Waals surface area (Å²) in [4.78, 5) is 0. The quantitative estimate of drug-likeness (QED) is 0.549. The minimum atomic E-state index is -3.44. The molecular formula is C5H9NO3S. The Morgan fingerprint density at radius 1 is 1.80 bits per heavy atom. The third kappa shape index (κ3) is 1.30. The zero-order valence-corrected chi connectivity index (χ0v) is 6.39. The zero-order chi connectivity index (χ0) is 7.78. The predicted octanol–water partition coefficient (Wildman–Crippen LogP) is -0.0749. The van der Waals surface area contributed by atoms with Crippen molar-refractivity contribution >= 4 is 10.1 Å². The molecule has 1 aliphatic rings. The molecule has 1 atom stereocenters. The molecule has 1 unspecified atom stereocenters.